The molecule has 5 N–H and O–H groups in total. The third-order valence-corrected chi connectivity index (χ3v) is 6.03. The molecule has 0 saturated carbocycles. The van der Waals surface area contributed by atoms with Gasteiger partial charge in [0.15, 0.2) is 0 Å². The van der Waals surface area contributed by atoms with Crippen molar-refractivity contribution in [2.45, 2.75) is 76.5 Å². The zero-order valence-electron chi connectivity index (χ0n) is 19.0. The number of benzene rings is 2. The van der Waals surface area contributed by atoms with Crippen molar-refractivity contribution in [3.8, 4) is 0 Å². The Bertz CT molecular complexity index is 957. The smallest absolute Gasteiger partial charge is 0.302 e. The van der Waals surface area contributed by atoms with Crippen LogP contribution >= 0.6 is 0 Å². The second-order valence-electron chi connectivity index (χ2n) is 8.56. The van der Waals surface area contributed by atoms with E-state index >= 15 is 0 Å². The molecule has 0 spiro atoms. The highest BCUT2D eigenvalue weighted by Crippen LogP contribution is 2.39. The molecule has 1 aliphatic heterocycles. The Morgan fingerprint density at radius 1 is 1.06 bits per heavy atom. The summed E-state index contributed by atoms with van der Waals surface area (Å²) in [6, 6.07) is 12.9. The molecule has 0 bridgehead atoms. The van der Waals surface area contributed by atoms with Gasteiger partial charge in [-0.15, -0.1) is 0 Å². The van der Waals surface area contributed by atoms with E-state index in [1.165, 1.54) is 25.5 Å². The fraction of sp³-hybridized carbons (Fsp3) is 0.480. The summed E-state index contributed by atoms with van der Waals surface area (Å²) in [6.07, 6.45) is -6.56. The molecule has 33 heavy (non-hydrogen) atoms. The number of aliphatic hydroxyl groups is 5. The third-order valence-electron chi connectivity index (χ3n) is 6.03. The summed E-state index contributed by atoms with van der Waals surface area (Å²) >= 11 is 0. The molecule has 1 fully saturated rings. The molecule has 180 valence electrons. The van der Waals surface area contributed by atoms with Crippen molar-refractivity contribution in [3.05, 3.63) is 70.3 Å². The lowest BCUT2D eigenvalue weighted by Gasteiger charge is -2.47. The van der Waals surface area contributed by atoms with Crippen molar-refractivity contribution in [3.63, 3.8) is 0 Å². The van der Waals surface area contributed by atoms with Crippen molar-refractivity contribution in [2.24, 2.45) is 0 Å². The van der Waals surface area contributed by atoms with Gasteiger partial charge in [-0.05, 0) is 48.1 Å². The molecule has 1 heterocycles. The molecule has 8 nitrogen and oxygen atoms in total. The Kier molecular flexibility index (Phi) is 7.89. The van der Waals surface area contributed by atoms with Crippen molar-refractivity contribution in [2.75, 3.05) is 0 Å². The number of aryl methyl sites for hydroxylation is 1. The van der Waals surface area contributed by atoms with Crippen LogP contribution in [0.25, 0.3) is 0 Å². The van der Waals surface area contributed by atoms with Crippen LogP contribution in [0.15, 0.2) is 42.5 Å². The number of aliphatic hydroxyl groups excluding tert-OH is 4. The third kappa shape index (κ3) is 5.43. The maximum atomic E-state index is 11.5. The molecule has 3 rings (SSSR count). The van der Waals surface area contributed by atoms with Crippen molar-refractivity contribution >= 4 is 5.97 Å². The topological polar surface area (TPSA) is 137 Å². The molecule has 0 unspecified atom stereocenters. The van der Waals surface area contributed by atoms with Crippen LogP contribution in [0.3, 0.4) is 0 Å². The predicted molar refractivity (Wildman–Crippen MR) is 119 cm³/mol. The Labute approximate surface area is 193 Å². The number of hydrogen-bond donors (Lipinski definition) is 5. The van der Waals surface area contributed by atoms with Crippen molar-refractivity contribution in [1.29, 1.82) is 0 Å². The van der Waals surface area contributed by atoms with E-state index in [2.05, 4.69) is 6.92 Å². The lowest BCUT2D eigenvalue weighted by Crippen LogP contribution is -2.65. The molecule has 0 aliphatic carbocycles. The SMILES string of the molecule is CCc1ccc(Cc2ccc(COC(C)=O)cc2[C@@]2(O)O[C@H]([C@@H](C)O)[C@@H](O)[C@H](O)[C@H]2O)cc1. The number of rotatable bonds is 7. The maximum absolute atomic E-state index is 11.5. The van der Waals surface area contributed by atoms with Gasteiger partial charge < -0.3 is 35.0 Å². The van der Waals surface area contributed by atoms with Gasteiger partial charge in [0.05, 0.1) is 6.10 Å². The Balaban J connectivity index is 2.06. The minimum atomic E-state index is -2.43. The molecule has 0 aromatic heterocycles. The zero-order valence-corrected chi connectivity index (χ0v) is 19.0. The molecule has 8 heteroatoms. The average Bonchev–Trinajstić information content (AvgIpc) is 2.79. The molecule has 2 aromatic rings. The van der Waals surface area contributed by atoms with E-state index in [0.717, 1.165) is 12.0 Å². The van der Waals surface area contributed by atoms with E-state index in [9.17, 15) is 30.3 Å². The van der Waals surface area contributed by atoms with Crippen LogP contribution in [0, 0.1) is 0 Å². The average molecular weight is 461 g/mol. The van der Waals surface area contributed by atoms with Gasteiger partial charge in [0, 0.05) is 12.5 Å². The van der Waals surface area contributed by atoms with Gasteiger partial charge in [-0.2, -0.15) is 0 Å². The molecular weight excluding hydrogens is 428 g/mol. The van der Waals surface area contributed by atoms with Crippen molar-refractivity contribution < 1.29 is 39.8 Å². The summed E-state index contributed by atoms with van der Waals surface area (Å²) in [6.45, 7) is 4.63. The summed E-state index contributed by atoms with van der Waals surface area (Å²) in [5.74, 6) is -2.90. The fourth-order valence-corrected chi connectivity index (χ4v) is 4.06. The minimum Gasteiger partial charge on any atom is -0.461 e. The lowest BCUT2D eigenvalue weighted by atomic mass is 9.83. The monoisotopic (exact) mass is 460 g/mol. The standard InChI is InChI=1S/C25H32O8/c1-4-16-5-7-17(8-6-16)11-19-10-9-18(13-32-15(3)27)12-20(19)25(31)24(30)22(29)21(28)23(33-25)14(2)26/h5-10,12,14,21-24,26,28-31H,4,11,13H2,1-3H3/t14-,21+,22+,23-,24-,25-/m1/s1. The zero-order chi connectivity index (χ0) is 24.3. The van der Waals surface area contributed by atoms with Crippen LogP contribution in [-0.4, -0.2) is 62.0 Å². The van der Waals surface area contributed by atoms with Crippen LogP contribution in [0.1, 0.15) is 48.6 Å². The van der Waals surface area contributed by atoms with E-state index in [-0.39, 0.29) is 12.2 Å². The van der Waals surface area contributed by atoms with Gasteiger partial charge in [0.1, 0.15) is 31.0 Å². The van der Waals surface area contributed by atoms with E-state index in [0.29, 0.717) is 17.5 Å². The summed E-state index contributed by atoms with van der Waals surface area (Å²) in [7, 11) is 0. The first-order chi connectivity index (χ1) is 15.6. The first-order valence-electron chi connectivity index (χ1n) is 11.0. The van der Waals surface area contributed by atoms with Crippen molar-refractivity contribution in [1.82, 2.24) is 0 Å². The molecule has 2 aromatic carbocycles. The van der Waals surface area contributed by atoms with Crippen LogP contribution in [0.2, 0.25) is 0 Å². The first-order valence-corrected chi connectivity index (χ1v) is 11.0. The summed E-state index contributed by atoms with van der Waals surface area (Å²) in [5.41, 5.74) is 3.40. The van der Waals surface area contributed by atoms with E-state index in [1.54, 1.807) is 12.1 Å². The maximum Gasteiger partial charge on any atom is 0.302 e. The number of ether oxygens (including phenoxy) is 2. The Morgan fingerprint density at radius 3 is 2.24 bits per heavy atom. The van der Waals surface area contributed by atoms with Gasteiger partial charge in [-0.3, -0.25) is 4.79 Å². The molecule has 6 atom stereocenters. The Morgan fingerprint density at radius 2 is 1.67 bits per heavy atom. The summed E-state index contributed by atoms with van der Waals surface area (Å²) in [4.78, 5) is 11.3. The Hall–Kier alpha value is -2.33. The van der Waals surface area contributed by atoms with E-state index in [1.807, 2.05) is 24.3 Å². The quantitative estimate of drug-likeness (QED) is 0.385. The van der Waals surface area contributed by atoms with Crippen LogP contribution in [0.5, 0.6) is 0 Å². The van der Waals surface area contributed by atoms with E-state index < -0.39 is 42.3 Å². The number of carbonyl (C=O) groups is 1. The second-order valence-corrected chi connectivity index (χ2v) is 8.56. The molecule has 0 radical (unpaired) electrons. The van der Waals surface area contributed by atoms with Gasteiger partial charge >= 0.3 is 5.97 Å². The highest BCUT2D eigenvalue weighted by Gasteiger charge is 2.55. The molecule has 1 saturated heterocycles. The van der Waals surface area contributed by atoms with Gasteiger partial charge in [0.25, 0.3) is 0 Å². The normalized spacial score (nSPS) is 28.4. The summed E-state index contributed by atoms with van der Waals surface area (Å²) < 4.78 is 10.7. The van der Waals surface area contributed by atoms with Crippen LogP contribution in [0.4, 0.5) is 0 Å². The van der Waals surface area contributed by atoms with Gasteiger partial charge in [-0.1, -0.05) is 43.3 Å². The highest BCUT2D eigenvalue weighted by atomic mass is 16.7. The highest BCUT2D eigenvalue weighted by molar-refractivity contribution is 5.65. The van der Waals surface area contributed by atoms with Gasteiger partial charge in [-0.25, -0.2) is 0 Å². The van der Waals surface area contributed by atoms with Crippen LogP contribution < -0.4 is 0 Å². The predicted octanol–water partition coefficient (Wildman–Crippen LogP) is 0.910. The molecular formula is C25H32O8. The summed E-state index contributed by atoms with van der Waals surface area (Å²) in [5, 5.41) is 52.9. The first kappa shape index (κ1) is 25.3. The molecule has 0 amide bonds. The minimum absolute atomic E-state index is 0.0645. The van der Waals surface area contributed by atoms with Gasteiger partial charge in [0.2, 0.25) is 5.79 Å². The fourth-order valence-electron chi connectivity index (χ4n) is 4.06. The number of esters is 1. The lowest BCUT2D eigenvalue weighted by molar-refractivity contribution is -0.364. The van der Waals surface area contributed by atoms with Crippen LogP contribution in [-0.2, 0) is 39.5 Å². The second kappa shape index (κ2) is 10.3. The largest absolute Gasteiger partial charge is 0.461 e. The molecule has 1 aliphatic rings. The number of carbonyl (C=O) groups excluding carboxylic acids is 1. The van der Waals surface area contributed by atoms with E-state index in [4.69, 9.17) is 9.47 Å². The number of hydrogen-bond acceptors (Lipinski definition) is 8.